The van der Waals surface area contributed by atoms with E-state index in [1.807, 2.05) is 6.92 Å². The molecule has 18 heavy (non-hydrogen) atoms. The SMILES string of the molecule is CC(NCCOCCO)C(=O)c1ccc(N)cc1. The largest absolute Gasteiger partial charge is 0.399 e. The molecule has 5 nitrogen and oxygen atoms in total. The number of hydrogen-bond acceptors (Lipinski definition) is 5. The first-order valence-corrected chi connectivity index (χ1v) is 5.97. The quantitative estimate of drug-likeness (QED) is 0.355. The first-order chi connectivity index (χ1) is 8.65. The Morgan fingerprint density at radius 2 is 2.06 bits per heavy atom. The van der Waals surface area contributed by atoms with Gasteiger partial charge in [0.2, 0.25) is 0 Å². The number of nitrogen functional groups attached to an aromatic ring is 1. The number of ether oxygens (including phenoxy) is 1. The van der Waals surface area contributed by atoms with Gasteiger partial charge >= 0.3 is 0 Å². The van der Waals surface area contributed by atoms with Gasteiger partial charge in [-0.05, 0) is 31.2 Å². The summed E-state index contributed by atoms with van der Waals surface area (Å²) in [4.78, 5) is 12.0. The van der Waals surface area contributed by atoms with Gasteiger partial charge in [0, 0.05) is 17.8 Å². The number of ketones is 1. The van der Waals surface area contributed by atoms with Crippen molar-refractivity contribution in [3.63, 3.8) is 0 Å². The molecular weight excluding hydrogens is 232 g/mol. The van der Waals surface area contributed by atoms with E-state index in [0.717, 1.165) is 0 Å². The standard InChI is InChI=1S/C13H20N2O3/c1-10(15-6-8-18-9-7-16)13(17)11-2-4-12(14)5-3-11/h2-5,10,15-16H,6-9,14H2,1H3. The molecule has 1 aromatic carbocycles. The van der Waals surface area contributed by atoms with Crippen LogP contribution < -0.4 is 11.1 Å². The van der Waals surface area contributed by atoms with Crippen LogP contribution in [0.15, 0.2) is 24.3 Å². The molecule has 0 saturated carbocycles. The average Bonchev–Trinajstić information content (AvgIpc) is 2.38. The molecule has 5 heteroatoms. The van der Waals surface area contributed by atoms with Crippen molar-refractivity contribution in [3.8, 4) is 0 Å². The van der Waals surface area contributed by atoms with Crippen molar-refractivity contribution in [2.45, 2.75) is 13.0 Å². The molecule has 0 aliphatic rings. The zero-order chi connectivity index (χ0) is 13.4. The summed E-state index contributed by atoms with van der Waals surface area (Å²) in [6, 6.07) is 6.59. The van der Waals surface area contributed by atoms with E-state index in [4.69, 9.17) is 15.6 Å². The second-order valence-corrected chi connectivity index (χ2v) is 4.00. The molecule has 0 radical (unpaired) electrons. The molecule has 0 fully saturated rings. The highest BCUT2D eigenvalue weighted by molar-refractivity contribution is 6.00. The Hall–Kier alpha value is -1.43. The van der Waals surface area contributed by atoms with Gasteiger partial charge < -0.3 is 20.9 Å². The van der Waals surface area contributed by atoms with Gasteiger partial charge in [-0.15, -0.1) is 0 Å². The second kappa shape index (κ2) is 7.81. The number of aliphatic hydroxyl groups excluding tert-OH is 1. The van der Waals surface area contributed by atoms with Crippen LogP contribution >= 0.6 is 0 Å². The van der Waals surface area contributed by atoms with Gasteiger partial charge in [0.1, 0.15) is 0 Å². The predicted octanol–water partition coefficient (Wildman–Crippen LogP) is 0.438. The highest BCUT2D eigenvalue weighted by Gasteiger charge is 2.13. The summed E-state index contributed by atoms with van der Waals surface area (Å²) >= 11 is 0. The number of carbonyl (C=O) groups is 1. The summed E-state index contributed by atoms with van der Waals surface area (Å²) in [5, 5.41) is 11.6. The smallest absolute Gasteiger partial charge is 0.179 e. The highest BCUT2D eigenvalue weighted by atomic mass is 16.5. The number of rotatable bonds is 8. The van der Waals surface area contributed by atoms with E-state index in [-0.39, 0.29) is 18.4 Å². The summed E-state index contributed by atoms with van der Waals surface area (Å²) in [6.45, 7) is 3.19. The van der Waals surface area contributed by atoms with E-state index in [1.165, 1.54) is 0 Å². The lowest BCUT2D eigenvalue weighted by Crippen LogP contribution is -2.36. The Bertz CT molecular complexity index is 365. The monoisotopic (exact) mass is 252 g/mol. The molecule has 1 unspecified atom stereocenters. The lowest BCUT2D eigenvalue weighted by molar-refractivity contribution is 0.0870. The van der Waals surface area contributed by atoms with Crippen LogP contribution in [0.25, 0.3) is 0 Å². The van der Waals surface area contributed by atoms with Crippen LogP contribution in [0.5, 0.6) is 0 Å². The molecular formula is C13H20N2O3. The third kappa shape index (κ3) is 4.83. The van der Waals surface area contributed by atoms with Gasteiger partial charge in [-0.2, -0.15) is 0 Å². The van der Waals surface area contributed by atoms with Crippen molar-refractivity contribution in [2.75, 3.05) is 32.1 Å². The van der Waals surface area contributed by atoms with Gasteiger partial charge in [0.15, 0.2) is 5.78 Å². The van der Waals surface area contributed by atoms with Crippen LogP contribution in [0, 0.1) is 0 Å². The number of nitrogens with one attached hydrogen (secondary N) is 1. The third-order valence-corrected chi connectivity index (χ3v) is 2.52. The minimum absolute atomic E-state index is 0.0138. The van der Waals surface area contributed by atoms with Crippen molar-refractivity contribution in [2.24, 2.45) is 0 Å². The lowest BCUT2D eigenvalue weighted by atomic mass is 10.1. The van der Waals surface area contributed by atoms with Gasteiger partial charge in [-0.3, -0.25) is 4.79 Å². The maximum Gasteiger partial charge on any atom is 0.179 e. The first kappa shape index (κ1) is 14.6. The van der Waals surface area contributed by atoms with Crippen molar-refractivity contribution in [1.82, 2.24) is 5.32 Å². The number of hydrogen-bond donors (Lipinski definition) is 3. The van der Waals surface area contributed by atoms with Crippen molar-refractivity contribution >= 4 is 11.5 Å². The van der Waals surface area contributed by atoms with Crippen LogP contribution in [0.2, 0.25) is 0 Å². The molecule has 1 atom stereocenters. The number of aliphatic hydroxyl groups is 1. The van der Waals surface area contributed by atoms with E-state index in [0.29, 0.717) is 31.0 Å². The Balaban J connectivity index is 2.34. The molecule has 0 spiro atoms. The van der Waals surface area contributed by atoms with Gasteiger partial charge in [-0.1, -0.05) is 0 Å². The number of nitrogens with two attached hydrogens (primary N) is 1. The van der Waals surface area contributed by atoms with E-state index < -0.39 is 0 Å². The van der Waals surface area contributed by atoms with E-state index in [1.54, 1.807) is 24.3 Å². The molecule has 0 aliphatic heterocycles. The van der Waals surface area contributed by atoms with Crippen LogP contribution in [-0.2, 0) is 4.74 Å². The molecule has 0 aromatic heterocycles. The first-order valence-electron chi connectivity index (χ1n) is 5.97. The molecule has 0 bridgehead atoms. The van der Waals surface area contributed by atoms with Gasteiger partial charge in [0.05, 0.1) is 25.9 Å². The predicted molar refractivity (Wildman–Crippen MR) is 70.6 cm³/mol. The van der Waals surface area contributed by atoms with Crippen molar-refractivity contribution in [1.29, 1.82) is 0 Å². The summed E-state index contributed by atoms with van der Waals surface area (Å²) in [5.74, 6) is 0.0251. The minimum atomic E-state index is -0.272. The van der Waals surface area contributed by atoms with Crippen molar-refractivity contribution < 1.29 is 14.6 Å². The minimum Gasteiger partial charge on any atom is -0.399 e. The van der Waals surface area contributed by atoms with Crippen LogP contribution in [-0.4, -0.2) is 43.3 Å². The lowest BCUT2D eigenvalue weighted by Gasteiger charge is -2.13. The van der Waals surface area contributed by atoms with E-state index >= 15 is 0 Å². The maximum absolute atomic E-state index is 12.0. The van der Waals surface area contributed by atoms with Crippen LogP contribution in [0.4, 0.5) is 5.69 Å². The Morgan fingerprint density at radius 1 is 1.39 bits per heavy atom. The van der Waals surface area contributed by atoms with E-state index in [2.05, 4.69) is 5.32 Å². The number of anilines is 1. The van der Waals surface area contributed by atoms with Gasteiger partial charge in [0.25, 0.3) is 0 Å². The molecule has 0 amide bonds. The fraction of sp³-hybridized carbons (Fsp3) is 0.462. The molecule has 1 aromatic rings. The summed E-state index contributed by atoms with van der Waals surface area (Å²) in [7, 11) is 0. The Morgan fingerprint density at radius 3 is 2.67 bits per heavy atom. The van der Waals surface area contributed by atoms with Crippen LogP contribution in [0.3, 0.4) is 0 Å². The fourth-order valence-electron chi connectivity index (χ4n) is 1.50. The van der Waals surface area contributed by atoms with Gasteiger partial charge in [-0.25, -0.2) is 0 Å². The fourth-order valence-corrected chi connectivity index (χ4v) is 1.50. The molecule has 100 valence electrons. The Kier molecular flexibility index (Phi) is 6.35. The number of benzene rings is 1. The third-order valence-electron chi connectivity index (χ3n) is 2.52. The van der Waals surface area contributed by atoms with Crippen LogP contribution in [0.1, 0.15) is 17.3 Å². The topological polar surface area (TPSA) is 84.6 Å². The second-order valence-electron chi connectivity index (χ2n) is 4.00. The molecule has 1 rings (SSSR count). The zero-order valence-corrected chi connectivity index (χ0v) is 10.6. The molecule has 0 aliphatic carbocycles. The number of carbonyl (C=O) groups excluding carboxylic acids is 1. The Labute approximate surface area is 107 Å². The average molecular weight is 252 g/mol. The number of Topliss-reactive ketones (excluding diaryl/α,β-unsaturated/α-hetero) is 1. The van der Waals surface area contributed by atoms with E-state index in [9.17, 15) is 4.79 Å². The normalized spacial score (nSPS) is 12.3. The molecule has 0 saturated heterocycles. The molecule has 0 heterocycles. The summed E-state index contributed by atoms with van der Waals surface area (Å²) < 4.78 is 5.09. The zero-order valence-electron chi connectivity index (χ0n) is 10.6. The summed E-state index contributed by atoms with van der Waals surface area (Å²) in [6.07, 6.45) is 0. The summed E-state index contributed by atoms with van der Waals surface area (Å²) in [5.41, 5.74) is 6.85. The maximum atomic E-state index is 12.0. The van der Waals surface area contributed by atoms with Crippen molar-refractivity contribution in [3.05, 3.63) is 29.8 Å². The molecule has 4 N–H and O–H groups in total. The highest BCUT2D eigenvalue weighted by Crippen LogP contribution is 2.07.